The number of benzene rings is 1. The number of pyridine rings is 1. The first-order valence-electron chi connectivity index (χ1n) is 8.39. The van der Waals surface area contributed by atoms with Crippen molar-refractivity contribution >= 4 is 28.5 Å². The number of halogens is 1. The Balaban J connectivity index is 1.40. The van der Waals surface area contributed by atoms with Crippen molar-refractivity contribution in [1.29, 1.82) is 0 Å². The van der Waals surface area contributed by atoms with Crippen LogP contribution in [0, 0.1) is 0 Å². The second-order valence-electron chi connectivity index (χ2n) is 6.36. The van der Waals surface area contributed by atoms with E-state index in [1.165, 1.54) is 0 Å². The first kappa shape index (κ1) is 15.3. The molecule has 0 unspecified atom stereocenters. The fourth-order valence-electron chi connectivity index (χ4n) is 3.29. The predicted molar refractivity (Wildman–Crippen MR) is 101 cm³/mol. The zero-order chi connectivity index (χ0) is 17.5. The molecule has 26 heavy (non-hydrogen) atoms. The monoisotopic (exact) mass is 362 g/mol. The Hall–Kier alpha value is -2.99. The van der Waals surface area contributed by atoms with Gasteiger partial charge in [-0.3, -0.25) is 9.97 Å². The number of nitrogens with zero attached hydrogens (tertiary/aromatic N) is 5. The third kappa shape index (κ3) is 2.59. The van der Waals surface area contributed by atoms with Gasteiger partial charge in [0.1, 0.15) is 11.5 Å². The van der Waals surface area contributed by atoms with Crippen molar-refractivity contribution in [3.05, 3.63) is 66.0 Å². The van der Waals surface area contributed by atoms with Gasteiger partial charge in [-0.1, -0.05) is 11.6 Å². The van der Waals surface area contributed by atoms with E-state index in [1.54, 1.807) is 18.6 Å². The first-order valence-corrected chi connectivity index (χ1v) is 8.77. The van der Waals surface area contributed by atoms with Crippen LogP contribution in [-0.2, 0) is 0 Å². The third-order valence-electron chi connectivity index (χ3n) is 4.65. The van der Waals surface area contributed by atoms with Gasteiger partial charge in [-0.25, -0.2) is 9.97 Å². The summed E-state index contributed by atoms with van der Waals surface area (Å²) in [5, 5.41) is 0.700. The molecule has 1 aliphatic heterocycles. The maximum atomic E-state index is 6.05. The molecule has 1 aliphatic rings. The lowest BCUT2D eigenvalue weighted by molar-refractivity contribution is 0.501. The highest BCUT2D eigenvalue weighted by Crippen LogP contribution is 2.34. The number of aromatic nitrogens is 5. The number of fused-ring (bicyclic) bond motifs is 1. The van der Waals surface area contributed by atoms with Crippen LogP contribution in [0.2, 0.25) is 5.02 Å². The van der Waals surface area contributed by atoms with Crippen LogP contribution < -0.4 is 4.90 Å². The molecule has 3 aromatic heterocycles. The second-order valence-corrected chi connectivity index (χ2v) is 6.79. The van der Waals surface area contributed by atoms with Crippen LogP contribution in [0.15, 0.2) is 55.1 Å². The van der Waals surface area contributed by atoms with E-state index in [1.807, 2.05) is 36.5 Å². The summed E-state index contributed by atoms with van der Waals surface area (Å²) in [6.07, 6.45) is 7.01. The van der Waals surface area contributed by atoms with Crippen LogP contribution in [-0.4, -0.2) is 38.0 Å². The standard InChI is InChI=1S/C19H15ClN6/c20-14-3-4-15-16(8-14)25-18(24-15)13-10-26(11-13)19-17(22-6-7-23-19)12-2-1-5-21-9-12/h1-9,13H,10-11H2,(H,24,25). The van der Waals surface area contributed by atoms with Crippen molar-refractivity contribution in [1.82, 2.24) is 24.9 Å². The number of hydrogen-bond acceptors (Lipinski definition) is 5. The molecule has 4 heterocycles. The third-order valence-corrected chi connectivity index (χ3v) is 4.88. The largest absolute Gasteiger partial charge is 0.353 e. The van der Waals surface area contributed by atoms with Crippen LogP contribution in [0.1, 0.15) is 11.7 Å². The highest BCUT2D eigenvalue weighted by Gasteiger charge is 2.33. The molecular weight excluding hydrogens is 348 g/mol. The van der Waals surface area contributed by atoms with Gasteiger partial charge >= 0.3 is 0 Å². The summed E-state index contributed by atoms with van der Waals surface area (Å²) < 4.78 is 0. The molecule has 0 saturated carbocycles. The van der Waals surface area contributed by atoms with E-state index >= 15 is 0 Å². The number of anilines is 1. The zero-order valence-electron chi connectivity index (χ0n) is 13.8. The Morgan fingerprint density at radius 2 is 1.96 bits per heavy atom. The van der Waals surface area contributed by atoms with Gasteiger partial charge < -0.3 is 9.88 Å². The molecule has 128 valence electrons. The van der Waals surface area contributed by atoms with Crippen LogP contribution in [0.5, 0.6) is 0 Å². The SMILES string of the molecule is Clc1ccc2[nH]c(C3CN(c4nccnc4-c4cccnc4)C3)nc2c1. The molecule has 0 bridgehead atoms. The number of aromatic amines is 1. The summed E-state index contributed by atoms with van der Waals surface area (Å²) in [7, 11) is 0. The molecular formula is C19H15ClN6. The summed E-state index contributed by atoms with van der Waals surface area (Å²) in [6, 6.07) is 9.63. The summed E-state index contributed by atoms with van der Waals surface area (Å²) >= 11 is 6.05. The van der Waals surface area contributed by atoms with Crippen molar-refractivity contribution in [3.63, 3.8) is 0 Å². The molecule has 0 spiro atoms. The quantitative estimate of drug-likeness (QED) is 0.602. The van der Waals surface area contributed by atoms with Crippen LogP contribution >= 0.6 is 11.6 Å². The normalized spacial score (nSPS) is 14.6. The van der Waals surface area contributed by atoms with Crippen molar-refractivity contribution in [2.45, 2.75) is 5.92 Å². The van der Waals surface area contributed by atoms with E-state index in [-0.39, 0.29) is 0 Å². The number of imidazole rings is 1. The van der Waals surface area contributed by atoms with Gasteiger partial charge in [-0.15, -0.1) is 0 Å². The summed E-state index contributed by atoms with van der Waals surface area (Å²) in [5.41, 5.74) is 3.74. The molecule has 0 aliphatic carbocycles. The smallest absolute Gasteiger partial charge is 0.155 e. The van der Waals surface area contributed by atoms with E-state index in [4.69, 9.17) is 16.6 Å². The Morgan fingerprint density at radius 1 is 1.08 bits per heavy atom. The summed E-state index contributed by atoms with van der Waals surface area (Å²) in [4.78, 5) is 23.6. The van der Waals surface area contributed by atoms with Crippen molar-refractivity contribution in [2.75, 3.05) is 18.0 Å². The van der Waals surface area contributed by atoms with Crippen LogP contribution in [0.3, 0.4) is 0 Å². The Labute approximate surface area is 154 Å². The minimum absolute atomic E-state index is 0.338. The van der Waals surface area contributed by atoms with Crippen LogP contribution in [0.25, 0.3) is 22.3 Å². The van der Waals surface area contributed by atoms with Crippen LogP contribution in [0.4, 0.5) is 5.82 Å². The average Bonchev–Trinajstić information content (AvgIpc) is 3.04. The van der Waals surface area contributed by atoms with Gasteiger partial charge in [0.2, 0.25) is 0 Å². The van der Waals surface area contributed by atoms with Gasteiger partial charge in [0.05, 0.1) is 17.0 Å². The minimum Gasteiger partial charge on any atom is -0.353 e. The lowest BCUT2D eigenvalue weighted by Gasteiger charge is -2.39. The van der Waals surface area contributed by atoms with Gasteiger partial charge in [0, 0.05) is 48.5 Å². The van der Waals surface area contributed by atoms with Crippen molar-refractivity contribution in [3.8, 4) is 11.3 Å². The van der Waals surface area contributed by atoms with Crippen molar-refractivity contribution < 1.29 is 0 Å². The molecule has 1 fully saturated rings. The highest BCUT2D eigenvalue weighted by atomic mass is 35.5. The molecule has 1 saturated heterocycles. The van der Waals surface area contributed by atoms with Gasteiger partial charge in [-0.2, -0.15) is 0 Å². The first-order chi connectivity index (χ1) is 12.8. The van der Waals surface area contributed by atoms with E-state index < -0.39 is 0 Å². The molecule has 7 heteroatoms. The Morgan fingerprint density at radius 3 is 2.81 bits per heavy atom. The molecule has 4 aromatic rings. The lowest BCUT2D eigenvalue weighted by Crippen LogP contribution is -2.46. The summed E-state index contributed by atoms with van der Waals surface area (Å²) in [6.45, 7) is 1.69. The maximum absolute atomic E-state index is 6.05. The Bertz CT molecular complexity index is 1070. The fourth-order valence-corrected chi connectivity index (χ4v) is 3.45. The predicted octanol–water partition coefficient (Wildman–Crippen LogP) is 3.67. The van der Waals surface area contributed by atoms with E-state index in [2.05, 4.69) is 24.8 Å². The minimum atomic E-state index is 0.338. The molecule has 1 aromatic carbocycles. The maximum Gasteiger partial charge on any atom is 0.155 e. The highest BCUT2D eigenvalue weighted by molar-refractivity contribution is 6.31. The summed E-state index contributed by atoms with van der Waals surface area (Å²) in [5.74, 6) is 2.21. The fraction of sp³-hybridized carbons (Fsp3) is 0.158. The van der Waals surface area contributed by atoms with E-state index in [0.717, 1.165) is 47.0 Å². The van der Waals surface area contributed by atoms with Gasteiger partial charge in [-0.05, 0) is 30.3 Å². The number of nitrogens with one attached hydrogen (secondary N) is 1. The molecule has 0 atom stereocenters. The number of H-pyrrole nitrogens is 1. The average molecular weight is 363 g/mol. The topological polar surface area (TPSA) is 70.6 Å². The molecule has 6 nitrogen and oxygen atoms in total. The molecule has 0 radical (unpaired) electrons. The van der Waals surface area contributed by atoms with Gasteiger partial charge in [0.25, 0.3) is 0 Å². The Kier molecular flexibility index (Phi) is 3.57. The second kappa shape index (κ2) is 6.07. The van der Waals surface area contributed by atoms with Crippen molar-refractivity contribution in [2.24, 2.45) is 0 Å². The van der Waals surface area contributed by atoms with E-state index in [0.29, 0.717) is 10.9 Å². The van der Waals surface area contributed by atoms with Gasteiger partial charge in [0.15, 0.2) is 5.82 Å². The van der Waals surface area contributed by atoms with E-state index in [9.17, 15) is 0 Å². The lowest BCUT2D eigenvalue weighted by atomic mass is 9.98. The zero-order valence-corrected chi connectivity index (χ0v) is 14.6. The number of hydrogen-bond donors (Lipinski definition) is 1. The molecule has 5 rings (SSSR count). The number of rotatable bonds is 3. The molecule has 0 amide bonds. The molecule has 1 N–H and O–H groups in total.